The van der Waals surface area contributed by atoms with Gasteiger partial charge in [-0.3, -0.25) is 14.3 Å². The molecule has 0 aromatic carbocycles. The maximum Gasteiger partial charge on any atom is 0.252 e. The molecule has 1 fully saturated rings. The number of anilines is 1. The average molecular weight is 342 g/mol. The van der Waals surface area contributed by atoms with Crippen LogP contribution in [0.25, 0.3) is 0 Å². The number of amides is 2. The molecule has 0 bridgehead atoms. The summed E-state index contributed by atoms with van der Waals surface area (Å²) in [5.41, 5.74) is 5.83. The predicted molar refractivity (Wildman–Crippen MR) is 93.0 cm³/mol. The third kappa shape index (κ3) is 4.14. The summed E-state index contributed by atoms with van der Waals surface area (Å²) in [5.74, 6) is 0.268. The van der Waals surface area contributed by atoms with Gasteiger partial charge in [-0.1, -0.05) is 0 Å². The van der Waals surface area contributed by atoms with Crippen molar-refractivity contribution >= 4 is 17.6 Å². The molecule has 0 radical (unpaired) electrons. The van der Waals surface area contributed by atoms with Gasteiger partial charge in [0.15, 0.2) is 0 Å². The number of rotatable bonds is 6. The fraction of sp³-hybridized carbons (Fsp3) is 0.412. The number of aryl methyl sites for hydroxylation is 1. The summed E-state index contributed by atoms with van der Waals surface area (Å²) in [5, 5.41) is 4.13. The van der Waals surface area contributed by atoms with Gasteiger partial charge in [0.25, 0.3) is 5.91 Å². The van der Waals surface area contributed by atoms with Crippen LogP contribution in [0.3, 0.4) is 0 Å². The molecule has 8 nitrogen and oxygen atoms in total. The number of primary amides is 1. The maximum atomic E-state index is 12.3. The van der Waals surface area contributed by atoms with E-state index in [4.69, 9.17) is 5.73 Å². The van der Waals surface area contributed by atoms with E-state index in [9.17, 15) is 9.59 Å². The summed E-state index contributed by atoms with van der Waals surface area (Å²) in [6.07, 6.45) is 6.56. The minimum Gasteiger partial charge on any atom is -0.365 e. The van der Waals surface area contributed by atoms with Crippen LogP contribution in [-0.4, -0.2) is 57.7 Å². The molecule has 2 aromatic rings. The highest BCUT2D eigenvalue weighted by Gasteiger charge is 2.24. The van der Waals surface area contributed by atoms with Crippen molar-refractivity contribution in [3.63, 3.8) is 0 Å². The molecule has 1 saturated heterocycles. The Balaban J connectivity index is 1.50. The van der Waals surface area contributed by atoms with Gasteiger partial charge in [0.1, 0.15) is 5.82 Å². The Morgan fingerprint density at radius 3 is 2.60 bits per heavy atom. The van der Waals surface area contributed by atoms with Crippen molar-refractivity contribution in [3.05, 3.63) is 42.4 Å². The Hall–Kier alpha value is -2.90. The van der Waals surface area contributed by atoms with Crippen molar-refractivity contribution in [2.75, 3.05) is 31.1 Å². The van der Waals surface area contributed by atoms with E-state index in [-0.39, 0.29) is 5.91 Å². The molecule has 2 amide bonds. The standard InChI is InChI=1S/C17H22N6O2/c18-16(25)14-4-1-6-19-17(14)22-12-10-21(11-13-22)15(24)5-2-8-23-9-3-7-20-23/h1,3-4,6-7,9H,2,5,8,10-13H2,(H2,18,25). The lowest BCUT2D eigenvalue weighted by molar-refractivity contribution is -0.131. The van der Waals surface area contributed by atoms with E-state index >= 15 is 0 Å². The summed E-state index contributed by atoms with van der Waals surface area (Å²) >= 11 is 0. The van der Waals surface area contributed by atoms with E-state index in [2.05, 4.69) is 10.1 Å². The molecule has 8 heteroatoms. The van der Waals surface area contributed by atoms with Crippen LogP contribution in [-0.2, 0) is 11.3 Å². The van der Waals surface area contributed by atoms with Crippen molar-refractivity contribution in [2.45, 2.75) is 19.4 Å². The second-order valence-electron chi connectivity index (χ2n) is 5.98. The third-order valence-corrected chi connectivity index (χ3v) is 4.32. The number of piperazine rings is 1. The molecule has 1 aliphatic heterocycles. The Morgan fingerprint density at radius 2 is 1.92 bits per heavy atom. The minimum atomic E-state index is -0.486. The quantitative estimate of drug-likeness (QED) is 0.825. The lowest BCUT2D eigenvalue weighted by atomic mass is 10.2. The number of pyridine rings is 1. The van der Waals surface area contributed by atoms with Crippen LogP contribution >= 0.6 is 0 Å². The van der Waals surface area contributed by atoms with E-state index in [1.807, 2.05) is 26.7 Å². The molecular weight excluding hydrogens is 320 g/mol. The molecule has 2 aromatic heterocycles. The molecule has 2 N–H and O–H groups in total. The van der Waals surface area contributed by atoms with Gasteiger partial charge in [0.2, 0.25) is 5.91 Å². The van der Waals surface area contributed by atoms with Gasteiger partial charge in [-0.2, -0.15) is 5.10 Å². The molecule has 25 heavy (non-hydrogen) atoms. The van der Waals surface area contributed by atoms with Gasteiger partial charge >= 0.3 is 0 Å². The van der Waals surface area contributed by atoms with Crippen molar-refractivity contribution in [1.82, 2.24) is 19.7 Å². The molecule has 3 rings (SSSR count). The second-order valence-corrected chi connectivity index (χ2v) is 5.98. The van der Waals surface area contributed by atoms with Crippen LogP contribution in [0.4, 0.5) is 5.82 Å². The number of aromatic nitrogens is 3. The number of hydrogen-bond acceptors (Lipinski definition) is 5. The van der Waals surface area contributed by atoms with Crippen LogP contribution in [0.15, 0.2) is 36.8 Å². The average Bonchev–Trinajstić information content (AvgIpc) is 3.15. The SMILES string of the molecule is NC(=O)c1cccnc1N1CCN(C(=O)CCCn2cccn2)CC1. The topological polar surface area (TPSA) is 97.4 Å². The minimum absolute atomic E-state index is 0.156. The molecule has 3 heterocycles. The van der Waals surface area contributed by atoms with Crippen LogP contribution in [0, 0.1) is 0 Å². The first kappa shape index (κ1) is 16.9. The van der Waals surface area contributed by atoms with Crippen molar-refractivity contribution < 1.29 is 9.59 Å². The summed E-state index contributed by atoms with van der Waals surface area (Å²) in [6.45, 7) is 3.27. The van der Waals surface area contributed by atoms with E-state index in [0.29, 0.717) is 44.0 Å². The Bertz CT molecular complexity index is 722. The first-order chi connectivity index (χ1) is 12.1. The van der Waals surface area contributed by atoms with Crippen LogP contribution in [0.5, 0.6) is 0 Å². The second kappa shape index (κ2) is 7.78. The monoisotopic (exact) mass is 342 g/mol. The van der Waals surface area contributed by atoms with E-state index in [0.717, 1.165) is 13.0 Å². The number of carbonyl (C=O) groups is 2. The molecule has 0 atom stereocenters. The number of nitrogens with zero attached hydrogens (tertiary/aromatic N) is 5. The van der Waals surface area contributed by atoms with Crippen LogP contribution < -0.4 is 10.6 Å². The number of hydrogen-bond donors (Lipinski definition) is 1. The zero-order valence-corrected chi connectivity index (χ0v) is 14.0. The summed E-state index contributed by atoms with van der Waals surface area (Å²) < 4.78 is 1.83. The Kier molecular flexibility index (Phi) is 5.27. The van der Waals surface area contributed by atoms with Crippen molar-refractivity contribution in [1.29, 1.82) is 0 Å². The molecular formula is C17H22N6O2. The molecule has 1 aliphatic rings. The molecule has 0 aliphatic carbocycles. The lowest BCUT2D eigenvalue weighted by Crippen LogP contribution is -2.49. The Labute approximate surface area is 146 Å². The predicted octanol–water partition coefficient (Wildman–Crippen LogP) is 0.506. The highest BCUT2D eigenvalue weighted by atomic mass is 16.2. The van der Waals surface area contributed by atoms with Gasteiger partial charge in [-0.25, -0.2) is 4.98 Å². The zero-order valence-electron chi connectivity index (χ0n) is 14.0. The molecule has 0 unspecified atom stereocenters. The fourth-order valence-electron chi connectivity index (χ4n) is 2.99. The van der Waals surface area contributed by atoms with Gasteiger partial charge in [0, 0.05) is 57.7 Å². The van der Waals surface area contributed by atoms with Gasteiger partial charge < -0.3 is 15.5 Å². The van der Waals surface area contributed by atoms with Crippen LogP contribution in [0.2, 0.25) is 0 Å². The van der Waals surface area contributed by atoms with Crippen molar-refractivity contribution in [2.24, 2.45) is 5.73 Å². The Morgan fingerprint density at radius 1 is 1.12 bits per heavy atom. The van der Waals surface area contributed by atoms with Gasteiger partial charge in [0.05, 0.1) is 5.56 Å². The molecule has 0 saturated carbocycles. The summed E-state index contributed by atoms with van der Waals surface area (Å²) in [7, 11) is 0. The van der Waals surface area contributed by atoms with Gasteiger partial charge in [-0.15, -0.1) is 0 Å². The summed E-state index contributed by atoms with van der Waals surface area (Å²) in [4.78, 5) is 32.0. The maximum absolute atomic E-state index is 12.3. The van der Waals surface area contributed by atoms with Gasteiger partial charge in [-0.05, 0) is 24.6 Å². The van der Waals surface area contributed by atoms with E-state index in [1.54, 1.807) is 24.5 Å². The number of nitrogens with two attached hydrogens (primary N) is 1. The number of carbonyl (C=O) groups excluding carboxylic acids is 2. The summed E-state index contributed by atoms with van der Waals surface area (Å²) in [6, 6.07) is 5.25. The molecule has 132 valence electrons. The highest BCUT2D eigenvalue weighted by molar-refractivity contribution is 5.97. The first-order valence-corrected chi connectivity index (χ1v) is 8.40. The van der Waals surface area contributed by atoms with E-state index < -0.39 is 5.91 Å². The fourth-order valence-corrected chi connectivity index (χ4v) is 2.99. The molecule has 0 spiro atoms. The largest absolute Gasteiger partial charge is 0.365 e. The van der Waals surface area contributed by atoms with E-state index in [1.165, 1.54) is 0 Å². The van der Waals surface area contributed by atoms with Crippen LogP contribution in [0.1, 0.15) is 23.2 Å². The van der Waals surface area contributed by atoms with Crippen molar-refractivity contribution in [3.8, 4) is 0 Å². The normalized spacial score (nSPS) is 14.6. The zero-order chi connectivity index (χ0) is 17.6. The third-order valence-electron chi connectivity index (χ3n) is 4.32. The smallest absolute Gasteiger partial charge is 0.252 e. The first-order valence-electron chi connectivity index (χ1n) is 8.40. The highest BCUT2D eigenvalue weighted by Crippen LogP contribution is 2.18. The lowest BCUT2D eigenvalue weighted by Gasteiger charge is -2.36.